The van der Waals surface area contributed by atoms with Crippen LogP contribution in [0.3, 0.4) is 0 Å². The van der Waals surface area contributed by atoms with Crippen LogP contribution in [-0.2, 0) is 9.53 Å². The Balaban J connectivity index is 0.000000351. The second-order valence-electron chi connectivity index (χ2n) is 4.81. The van der Waals surface area contributed by atoms with Gasteiger partial charge in [-0.1, -0.05) is 11.6 Å². The van der Waals surface area contributed by atoms with Crippen LogP contribution in [0.25, 0.3) is 0 Å². The summed E-state index contributed by atoms with van der Waals surface area (Å²) in [7, 11) is 1.70. The molecule has 1 aliphatic heterocycles. The summed E-state index contributed by atoms with van der Waals surface area (Å²) in [5.74, 6) is -2.49. The minimum Gasteiger partial charge on any atom is -0.475 e. The van der Waals surface area contributed by atoms with Gasteiger partial charge in [0, 0.05) is 32.7 Å². The van der Waals surface area contributed by atoms with Crippen LogP contribution in [-0.4, -0.2) is 56.0 Å². The molecule has 2 atom stereocenters. The summed E-state index contributed by atoms with van der Waals surface area (Å²) in [4.78, 5) is 21.3. The van der Waals surface area contributed by atoms with Crippen molar-refractivity contribution in [1.29, 1.82) is 0 Å². The van der Waals surface area contributed by atoms with E-state index in [-0.39, 0.29) is 12.0 Å². The van der Waals surface area contributed by atoms with Gasteiger partial charge in [-0.2, -0.15) is 13.2 Å². The molecule has 11 heteroatoms. The topological polar surface area (TPSA) is 87.7 Å². The SMILES string of the molecule is CO[C@@H]1CNC[C@H]1CNC(=O)c1ccc(Cl)s1.O=C(O)C(F)(F)F. The van der Waals surface area contributed by atoms with Crippen LogP contribution in [0.5, 0.6) is 0 Å². The Morgan fingerprint density at radius 1 is 1.46 bits per heavy atom. The molecular weight excluding hydrogens is 373 g/mol. The third-order valence-electron chi connectivity index (χ3n) is 3.14. The number of methoxy groups -OCH3 is 1. The zero-order chi connectivity index (χ0) is 18.3. The molecule has 0 bridgehead atoms. The van der Waals surface area contributed by atoms with E-state index in [4.69, 9.17) is 26.2 Å². The smallest absolute Gasteiger partial charge is 0.475 e. The van der Waals surface area contributed by atoms with E-state index in [1.807, 2.05) is 0 Å². The number of hydrogen-bond donors (Lipinski definition) is 3. The number of carboxylic acid groups (broad SMARTS) is 1. The van der Waals surface area contributed by atoms with Crippen LogP contribution in [0.4, 0.5) is 13.2 Å². The van der Waals surface area contributed by atoms with E-state index in [0.29, 0.717) is 21.7 Å². The zero-order valence-electron chi connectivity index (χ0n) is 12.5. The Labute approximate surface area is 144 Å². The standard InChI is InChI=1S/C11H15ClN2O2S.C2HF3O2/c1-16-8-6-13-4-7(8)5-14-11(15)9-2-3-10(12)17-9;3-2(4,5)1(6)7/h2-3,7-8,13H,4-6H2,1H3,(H,14,15);(H,6,7)/t7-,8+;/m0./s1. The molecule has 2 rings (SSSR count). The van der Waals surface area contributed by atoms with Gasteiger partial charge in [0.05, 0.1) is 15.3 Å². The fourth-order valence-electron chi connectivity index (χ4n) is 1.94. The van der Waals surface area contributed by atoms with Crippen LogP contribution in [0.15, 0.2) is 12.1 Å². The van der Waals surface area contributed by atoms with Crippen LogP contribution in [0, 0.1) is 5.92 Å². The molecule has 0 spiro atoms. The number of thiophene rings is 1. The lowest BCUT2D eigenvalue weighted by Gasteiger charge is -2.17. The number of carboxylic acids is 1. The van der Waals surface area contributed by atoms with Crippen molar-refractivity contribution in [3.8, 4) is 0 Å². The van der Waals surface area contributed by atoms with Crippen LogP contribution < -0.4 is 10.6 Å². The van der Waals surface area contributed by atoms with Crippen LogP contribution in [0.1, 0.15) is 9.67 Å². The van der Waals surface area contributed by atoms with Crippen molar-refractivity contribution in [3.63, 3.8) is 0 Å². The van der Waals surface area contributed by atoms with E-state index in [0.717, 1.165) is 13.1 Å². The maximum atomic E-state index is 11.8. The number of carbonyl (C=O) groups is 2. The number of nitrogens with one attached hydrogen (secondary N) is 2. The molecule has 136 valence electrons. The number of halogens is 4. The van der Waals surface area contributed by atoms with Crippen molar-refractivity contribution < 1.29 is 32.6 Å². The number of aliphatic carboxylic acids is 1. The van der Waals surface area contributed by atoms with E-state index in [9.17, 15) is 18.0 Å². The molecule has 3 N–H and O–H groups in total. The molecule has 1 aromatic rings. The van der Waals surface area contributed by atoms with Crippen molar-refractivity contribution in [3.05, 3.63) is 21.3 Å². The molecular formula is C13H16ClF3N2O4S. The van der Waals surface area contributed by atoms with Gasteiger partial charge in [0.25, 0.3) is 5.91 Å². The summed E-state index contributed by atoms with van der Waals surface area (Å²) >= 11 is 7.08. The molecule has 0 radical (unpaired) electrons. The second kappa shape index (κ2) is 9.21. The fourth-order valence-corrected chi connectivity index (χ4v) is 2.90. The highest BCUT2D eigenvalue weighted by atomic mass is 35.5. The first-order valence-corrected chi connectivity index (χ1v) is 7.91. The first-order valence-electron chi connectivity index (χ1n) is 6.72. The summed E-state index contributed by atoms with van der Waals surface area (Å²) in [5.41, 5.74) is 0. The molecule has 1 aromatic heterocycles. The molecule has 6 nitrogen and oxygen atoms in total. The predicted octanol–water partition coefficient (Wildman–Crippen LogP) is 2.00. The van der Waals surface area contributed by atoms with E-state index in [1.54, 1.807) is 19.2 Å². The number of alkyl halides is 3. The van der Waals surface area contributed by atoms with Crippen molar-refractivity contribution in [1.82, 2.24) is 10.6 Å². The van der Waals surface area contributed by atoms with Crippen molar-refractivity contribution in [2.75, 3.05) is 26.7 Å². The molecule has 0 saturated carbocycles. The molecule has 2 heterocycles. The van der Waals surface area contributed by atoms with Crippen molar-refractivity contribution in [2.24, 2.45) is 5.92 Å². The van der Waals surface area contributed by atoms with Gasteiger partial charge in [-0.15, -0.1) is 11.3 Å². The summed E-state index contributed by atoms with van der Waals surface area (Å²) in [6, 6.07) is 3.47. The number of hydrogen-bond acceptors (Lipinski definition) is 5. The molecule has 1 aliphatic rings. The first kappa shape index (κ1) is 20.7. The molecule has 0 aromatic carbocycles. The molecule has 0 aliphatic carbocycles. The van der Waals surface area contributed by atoms with Gasteiger partial charge >= 0.3 is 12.1 Å². The van der Waals surface area contributed by atoms with Crippen LogP contribution in [0.2, 0.25) is 4.34 Å². The monoisotopic (exact) mass is 388 g/mol. The highest BCUT2D eigenvalue weighted by Crippen LogP contribution is 2.21. The molecule has 1 fully saturated rings. The number of rotatable bonds is 4. The van der Waals surface area contributed by atoms with Gasteiger partial charge in [-0.3, -0.25) is 4.79 Å². The van der Waals surface area contributed by atoms with Crippen molar-refractivity contribution in [2.45, 2.75) is 12.3 Å². The average molecular weight is 389 g/mol. The van der Waals surface area contributed by atoms with Crippen LogP contribution >= 0.6 is 22.9 Å². The zero-order valence-corrected chi connectivity index (χ0v) is 14.1. The average Bonchev–Trinajstić information content (AvgIpc) is 3.12. The summed E-state index contributed by atoms with van der Waals surface area (Å²) in [6.07, 6.45) is -4.90. The van der Waals surface area contributed by atoms with E-state index >= 15 is 0 Å². The molecule has 1 saturated heterocycles. The first-order chi connectivity index (χ1) is 11.1. The Hall–Kier alpha value is -1.36. The largest absolute Gasteiger partial charge is 0.490 e. The minimum absolute atomic E-state index is 0.0661. The predicted molar refractivity (Wildman–Crippen MR) is 82.5 cm³/mol. The number of ether oxygens (including phenoxy) is 1. The maximum Gasteiger partial charge on any atom is 0.490 e. The molecule has 1 amide bonds. The normalized spacial score (nSPS) is 20.2. The maximum absolute atomic E-state index is 11.8. The Morgan fingerprint density at radius 3 is 2.54 bits per heavy atom. The van der Waals surface area contributed by atoms with E-state index in [1.165, 1.54) is 11.3 Å². The summed E-state index contributed by atoms with van der Waals surface area (Å²) in [6.45, 7) is 2.35. The van der Waals surface area contributed by atoms with Crippen molar-refractivity contribution >= 4 is 34.8 Å². The highest BCUT2D eigenvalue weighted by Gasteiger charge is 2.38. The van der Waals surface area contributed by atoms with E-state index < -0.39 is 12.1 Å². The van der Waals surface area contributed by atoms with Gasteiger partial charge in [-0.05, 0) is 12.1 Å². The third-order valence-corrected chi connectivity index (χ3v) is 4.37. The Morgan fingerprint density at radius 2 is 2.08 bits per heavy atom. The number of carbonyl (C=O) groups excluding carboxylic acids is 1. The third kappa shape index (κ3) is 6.63. The van der Waals surface area contributed by atoms with Gasteiger partial charge in [-0.25, -0.2) is 4.79 Å². The van der Waals surface area contributed by atoms with Gasteiger partial charge in [0.2, 0.25) is 0 Å². The lowest BCUT2D eigenvalue weighted by atomic mass is 10.1. The van der Waals surface area contributed by atoms with Gasteiger partial charge < -0.3 is 20.5 Å². The Bertz CT molecular complexity index is 568. The second-order valence-corrected chi connectivity index (χ2v) is 6.52. The summed E-state index contributed by atoms with van der Waals surface area (Å²) in [5, 5.41) is 13.3. The minimum atomic E-state index is -5.08. The lowest BCUT2D eigenvalue weighted by molar-refractivity contribution is -0.192. The highest BCUT2D eigenvalue weighted by molar-refractivity contribution is 7.17. The molecule has 0 unspecified atom stereocenters. The quantitative estimate of drug-likeness (QED) is 0.734. The fraction of sp³-hybridized carbons (Fsp3) is 0.538. The molecule has 24 heavy (non-hydrogen) atoms. The van der Waals surface area contributed by atoms with Gasteiger partial charge in [0.1, 0.15) is 0 Å². The number of amides is 1. The summed E-state index contributed by atoms with van der Waals surface area (Å²) < 4.78 is 37.7. The van der Waals surface area contributed by atoms with Gasteiger partial charge in [0.15, 0.2) is 0 Å². The van der Waals surface area contributed by atoms with E-state index in [2.05, 4.69) is 10.6 Å². The Kier molecular flexibility index (Phi) is 7.94. The lowest BCUT2D eigenvalue weighted by Crippen LogP contribution is -2.34.